The first-order valence-corrected chi connectivity index (χ1v) is 7.80. The van der Waals surface area contributed by atoms with Crippen molar-refractivity contribution in [3.05, 3.63) is 34.1 Å². The Morgan fingerprint density at radius 1 is 1.48 bits per heavy atom. The smallest absolute Gasteiger partial charge is 0.228 e. The Bertz CT molecular complexity index is 564. The molecule has 2 heterocycles. The molecule has 0 spiro atoms. The minimum atomic E-state index is 0.650. The van der Waals surface area contributed by atoms with Crippen LogP contribution in [0.1, 0.15) is 16.6 Å². The van der Waals surface area contributed by atoms with E-state index in [1.807, 2.05) is 14.0 Å². The van der Waals surface area contributed by atoms with E-state index >= 15 is 0 Å². The topological polar surface area (TPSA) is 66.5 Å². The van der Waals surface area contributed by atoms with Gasteiger partial charge < -0.3 is 14.7 Å². The number of guanidine groups is 1. The molecule has 0 bridgehead atoms. The summed E-state index contributed by atoms with van der Waals surface area (Å²) in [6, 6.07) is 4.24. The monoisotopic (exact) mass is 307 g/mol. The van der Waals surface area contributed by atoms with Crippen LogP contribution >= 0.6 is 11.3 Å². The second kappa shape index (κ2) is 7.78. The molecule has 6 nitrogen and oxygen atoms in total. The third-order valence-corrected chi connectivity index (χ3v) is 3.97. The van der Waals surface area contributed by atoms with E-state index in [1.165, 1.54) is 4.88 Å². The second-order valence-electron chi connectivity index (χ2n) is 4.71. The molecule has 0 saturated heterocycles. The summed E-state index contributed by atoms with van der Waals surface area (Å²) in [6.45, 7) is 3.47. The van der Waals surface area contributed by atoms with Gasteiger partial charge in [-0.3, -0.25) is 4.99 Å². The van der Waals surface area contributed by atoms with Crippen LogP contribution in [-0.4, -0.2) is 48.2 Å². The van der Waals surface area contributed by atoms with Crippen molar-refractivity contribution in [3.63, 3.8) is 0 Å². The van der Waals surface area contributed by atoms with Crippen LogP contribution in [-0.2, 0) is 12.8 Å². The number of nitrogens with zero attached hydrogens (tertiary/aromatic N) is 4. The van der Waals surface area contributed by atoms with E-state index in [2.05, 4.69) is 42.9 Å². The number of thiophene rings is 1. The molecule has 2 aromatic heterocycles. The molecule has 21 heavy (non-hydrogen) atoms. The van der Waals surface area contributed by atoms with Crippen molar-refractivity contribution in [1.82, 2.24) is 20.4 Å². The highest BCUT2D eigenvalue weighted by molar-refractivity contribution is 7.09. The predicted molar refractivity (Wildman–Crippen MR) is 84.8 cm³/mol. The molecule has 7 heteroatoms. The highest BCUT2D eigenvalue weighted by atomic mass is 32.1. The minimum Gasteiger partial charge on any atom is -0.356 e. The molecule has 0 fully saturated rings. The fourth-order valence-electron chi connectivity index (χ4n) is 1.95. The van der Waals surface area contributed by atoms with Gasteiger partial charge in [-0.25, -0.2) is 0 Å². The van der Waals surface area contributed by atoms with E-state index in [4.69, 9.17) is 4.52 Å². The maximum Gasteiger partial charge on any atom is 0.228 e. The maximum absolute atomic E-state index is 5.08. The van der Waals surface area contributed by atoms with Gasteiger partial charge in [0, 0.05) is 38.5 Å². The Kier molecular flexibility index (Phi) is 5.74. The Balaban J connectivity index is 1.74. The van der Waals surface area contributed by atoms with Crippen LogP contribution in [0.2, 0.25) is 0 Å². The lowest BCUT2D eigenvalue weighted by atomic mass is 10.3. The van der Waals surface area contributed by atoms with Gasteiger partial charge in [0.2, 0.25) is 5.89 Å². The number of nitrogens with one attached hydrogen (secondary N) is 1. The largest absolute Gasteiger partial charge is 0.356 e. The minimum absolute atomic E-state index is 0.650. The molecule has 2 aromatic rings. The quantitative estimate of drug-likeness (QED) is 0.650. The van der Waals surface area contributed by atoms with Gasteiger partial charge in [-0.05, 0) is 24.8 Å². The third-order valence-electron chi connectivity index (χ3n) is 3.04. The Morgan fingerprint density at radius 2 is 2.33 bits per heavy atom. The average molecular weight is 307 g/mol. The molecule has 0 saturated carbocycles. The number of aliphatic imine (C=N–C) groups is 1. The fourth-order valence-corrected chi connectivity index (χ4v) is 2.64. The fraction of sp³-hybridized carbons (Fsp3) is 0.500. The van der Waals surface area contributed by atoms with Gasteiger partial charge >= 0.3 is 0 Å². The van der Waals surface area contributed by atoms with Gasteiger partial charge in [0.05, 0.1) is 0 Å². The van der Waals surface area contributed by atoms with Crippen molar-refractivity contribution >= 4 is 17.3 Å². The second-order valence-corrected chi connectivity index (χ2v) is 5.74. The lowest BCUT2D eigenvalue weighted by Crippen LogP contribution is -2.40. The van der Waals surface area contributed by atoms with Gasteiger partial charge in [0.25, 0.3) is 0 Å². The van der Waals surface area contributed by atoms with Gasteiger partial charge in [0.15, 0.2) is 11.8 Å². The van der Waals surface area contributed by atoms with Crippen LogP contribution in [0.25, 0.3) is 0 Å². The summed E-state index contributed by atoms with van der Waals surface area (Å²) in [4.78, 5) is 12.0. The molecule has 0 unspecified atom stereocenters. The summed E-state index contributed by atoms with van der Waals surface area (Å²) in [5.74, 6) is 2.20. The van der Waals surface area contributed by atoms with Crippen LogP contribution < -0.4 is 5.32 Å². The first-order valence-electron chi connectivity index (χ1n) is 6.92. The molecule has 114 valence electrons. The summed E-state index contributed by atoms with van der Waals surface area (Å²) < 4.78 is 5.08. The first-order chi connectivity index (χ1) is 10.2. The third kappa shape index (κ3) is 4.86. The Morgan fingerprint density at radius 3 is 2.95 bits per heavy atom. The van der Waals surface area contributed by atoms with Crippen molar-refractivity contribution in [2.75, 3.05) is 27.2 Å². The van der Waals surface area contributed by atoms with Gasteiger partial charge in [-0.2, -0.15) is 4.98 Å². The summed E-state index contributed by atoms with van der Waals surface area (Å²) in [7, 11) is 3.83. The predicted octanol–water partition coefficient (Wildman–Crippen LogP) is 1.73. The summed E-state index contributed by atoms with van der Waals surface area (Å²) in [6.07, 6.45) is 1.72. The summed E-state index contributed by atoms with van der Waals surface area (Å²) in [5, 5.41) is 9.19. The molecule has 0 aliphatic rings. The zero-order valence-corrected chi connectivity index (χ0v) is 13.5. The van der Waals surface area contributed by atoms with E-state index < -0.39 is 0 Å². The van der Waals surface area contributed by atoms with Crippen molar-refractivity contribution in [2.24, 2.45) is 4.99 Å². The highest BCUT2D eigenvalue weighted by Gasteiger charge is 2.07. The van der Waals surface area contributed by atoms with Crippen LogP contribution in [0.3, 0.4) is 0 Å². The van der Waals surface area contributed by atoms with Crippen LogP contribution in [0.15, 0.2) is 27.0 Å². The van der Waals surface area contributed by atoms with Crippen LogP contribution in [0, 0.1) is 6.92 Å². The molecule has 0 amide bonds. The molecule has 0 aromatic carbocycles. The van der Waals surface area contributed by atoms with Crippen LogP contribution in [0.4, 0.5) is 0 Å². The molecular weight excluding hydrogens is 286 g/mol. The molecule has 0 radical (unpaired) electrons. The van der Waals surface area contributed by atoms with E-state index in [0.29, 0.717) is 18.1 Å². The Labute approximate surface area is 128 Å². The SMILES string of the molecule is CN=C(NCCc1nc(C)no1)N(C)CCc1cccs1. The number of rotatable bonds is 6. The molecule has 0 aliphatic carbocycles. The number of aryl methyl sites for hydroxylation is 1. The lowest BCUT2D eigenvalue weighted by Gasteiger charge is -2.21. The van der Waals surface area contributed by atoms with Crippen molar-refractivity contribution in [2.45, 2.75) is 19.8 Å². The normalized spacial score (nSPS) is 11.7. The standard InChI is InChI=1S/C14H21N5OS/c1-11-17-13(20-18-11)6-8-16-14(15-2)19(3)9-7-12-5-4-10-21-12/h4-5,10H,6-9H2,1-3H3,(H,15,16). The van der Waals surface area contributed by atoms with Gasteiger partial charge in [-0.1, -0.05) is 11.2 Å². The highest BCUT2D eigenvalue weighted by Crippen LogP contribution is 2.09. The van der Waals surface area contributed by atoms with Crippen molar-refractivity contribution in [1.29, 1.82) is 0 Å². The molecule has 0 aliphatic heterocycles. The molecular formula is C14H21N5OS. The van der Waals surface area contributed by atoms with Crippen LogP contribution in [0.5, 0.6) is 0 Å². The van der Waals surface area contributed by atoms with Crippen molar-refractivity contribution in [3.8, 4) is 0 Å². The van der Waals surface area contributed by atoms with Crippen molar-refractivity contribution < 1.29 is 4.52 Å². The summed E-state index contributed by atoms with van der Waals surface area (Å²) >= 11 is 1.79. The van der Waals surface area contributed by atoms with E-state index in [0.717, 1.165) is 25.5 Å². The number of likely N-dealkylation sites (N-methyl/N-ethyl adjacent to an activating group) is 1. The first kappa shape index (κ1) is 15.5. The van der Waals surface area contributed by atoms with Gasteiger partial charge in [-0.15, -0.1) is 11.3 Å². The van der Waals surface area contributed by atoms with Gasteiger partial charge in [0.1, 0.15) is 0 Å². The number of aromatic nitrogens is 2. The Hall–Kier alpha value is -1.89. The zero-order chi connectivity index (χ0) is 15.1. The van der Waals surface area contributed by atoms with E-state index in [-0.39, 0.29) is 0 Å². The van der Waals surface area contributed by atoms with E-state index in [1.54, 1.807) is 18.4 Å². The lowest BCUT2D eigenvalue weighted by molar-refractivity contribution is 0.373. The number of hydrogen-bond acceptors (Lipinski definition) is 5. The van der Waals surface area contributed by atoms with E-state index in [9.17, 15) is 0 Å². The zero-order valence-electron chi connectivity index (χ0n) is 12.7. The summed E-state index contributed by atoms with van der Waals surface area (Å²) in [5.41, 5.74) is 0. The number of hydrogen-bond donors (Lipinski definition) is 1. The molecule has 0 atom stereocenters. The molecule has 1 N–H and O–H groups in total. The molecule has 2 rings (SSSR count). The maximum atomic E-state index is 5.08. The average Bonchev–Trinajstić information content (AvgIpc) is 3.12.